The number of halogens is 1. The lowest BCUT2D eigenvalue weighted by atomic mass is 10.2. The number of nitrogens with one attached hydrogen (secondary N) is 1. The van der Waals surface area contributed by atoms with Crippen LogP contribution in [-0.4, -0.2) is 38.3 Å². The fourth-order valence-electron chi connectivity index (χ4n) is 2.63. The average Bonchev–Trinajstić information content (AvgIpc) is 3.01. The first-order valence-electron chi connectivity index (χ1n) is 8.58. The molecule has 0 aliphatic rings. The molecule has 1 aromatic carbocycles. The molecule has 0 aliphatic carbocycles. The van der Waals surface area contributed by atoms with Crippen LogP contribution in [0.4, 0.5) is 9.52 Å². The zero-order valence-electron chi connectivity index (χ0n) is 15.7. The smallest absolute Gasteiger partial charge is 0.236 e. The molecule has 1 aromatic heterocycles. The quantitative estimate of drug-likeness (QED) is 0.670. The number of amides is 1. The van der Waals surface area contributed by atoms with E-state index in [1.807, 2.05) is 39.5 Å². The molecule has 142 valence electrons. The van der Waals surface area contributed by atoms with Gasteiger partial charge in [0.05, 0.1) is 5.25 Å². The van der Waals surface area contributed by atoms with Crippen LogP contribution in [0.15, 0.2) is 28.6 Å². The van der Waals surface area contributed by atoms with E-state index in [2.05, 4.69) is 15.5 Å². The van der Waals surface area contributed by atoms with E-state index in [0.29, 0.717) is 11.7 Å². The minimum Gasteiger partial charge on any atom is -0.356 e. The fourth-order valence-corrected chi connectivity index (χ4v) is 4.57. The van der Waals surface area contributed by atoms with Crippen LogP contribution in [0.25, 0.3) is 0 Å². The number of carbonyl (C=O) groups is 1. The van der Waals surface area contributed by atoms with Crippen molar-refractivity contribution in [3.8, 4) is 0 Å². The van der Waals surface area contributed by atoms with Crippen LogP contribution in [-0.2, 0) is 11.3 Å². The van der Waals surface area contributed by atoms with E-state index < -0.39 is 0 Å². The number of anilines is 1. The number of nitrogens with zero attached hydrogens (tertiary/aromatic N) is 3. The maximum absolute atomic E-state index is 12.9. The Morgan fingerprint density at radius 3 is 2.35 bits per heavy atom. The topological polar surface area (TPSA) is 58.1 Å². The molecule has 0 radical (unpaired) electrons. The number of rotatable bonds is 8. The maximum Gasteiger partial charge on any atom is 0.236 e. The van der Waals surface area contributed by atoms with Crippen molar-refractivity contribution in [3.63, 3.8) is 0 Å². The molecule has 2 aromatic rings. The summed E-state index contributed by atoms with van der Waals surface area (Å²) in [7, 11) is 0. The summed E-state index contributed by atoms with van der Waals surface area (Å²) in [6, 6.07) is 6.64. The highest BCUT2D eigenvalue weighted by Gasteiger charge is 2.26. The normalized spacial score (nSPS) is 12.5. The molecule has 0 fully saturated rings. The molecule has 0 saturated heterocycles. The maximum atomic E-state index is 12.9. The minimum absolute atomic E-state index is 0.107. The molecule has 5 nitrogen and oxygen atoms in total. The summed E-state index contributed by atoms with van der Waals surface area (Å²) in [4.78, 5) is 14.6. The molecule has 0 aliphatic heterocycles. The predicted octanol–water partition coefficient (Wildman–Crippen LogP) is 4.42. The number of benzene rings is 1. The Morgan fingerprint density at radius 1 is 1.15 bits per heavy atom. The van der Waals surface area contributed by atoms with Gasteiger partial charge < -0.3 is 10.2 Å². The molecule has 26 heavy (non-hydrogen) atoms. The number of hydrogen-bond donors (Lipinski definition) is 1. The highest BCUT2D eigenvalue weighted by molar-refractivity contribution is 8.02. The third-order valence-corrected chi connectivity index (χ3v) is 5.81. The second-order valence-corrected chi connectivity index (χ2v) is 9.11. The summed E-state index contributed by atoms with van der Waals surface area (Å²) in [6.45, 7) is 10.5. The molecule has 0 bridgehead atoms. The lowest BCUT2D eigenvalue weighted by Crippen LogP contribution is -2.45. The van der Waals surface area contributed by atoms with Gasteiger partial charge in [-0.2, -0.15) is 0 Å². The van der Waals surface area contributed by atoms with Crippen LogP contribution < -0.4 is 5.32 Å². The zero-order chi connectivity index (χ0) is 19.3. The zero-order valence-corrected chi connectivity index (χ0v) is 17.3. The number of hydrogen-bond acceptors (Lipinski definition) is 6. The monoisotopic (exact) mass is 396 g/mol. The van der Waals surface area contributed by atoms with E-state index in [9.17, 15) is 9.18 Å². The van der Waals surface area contributed by atoms with Gasteiger partial charge in [0.2, 0.25) is 11.0 Å². The predicted molar refractivity (Wildman–Crippen MR) is 106 cm³/mol. The lowest BCUT2D eigenvalue weighted by molar-refractivity contribution is -0.133. The van der Waals surface area contributed by atoms with Crippen molar-refractivity contribution >= 4 is 34.1 Å². The average molecular weight is 397 g/mol. The van der Waals surface area contributed by atoms with Gasteiger partial charge in [0, 0.05) is 18.6 Å². The molecule has 8 heteroatoms. The van der Waals surface area contributed by atoms with Crippen LogP contribution in [0.1, 0.15) is 40.2 Å². The Morgan fingerprint density at radius 2 is 1.77 bits per heavy atom. The van der Waals surface area contributed by atoms with Gasteiger partial charge in [-0.3, -0.25) is 4.79 Å². The Labute approximate surface area is 162 Å². The van der Waals surface area contributed by atoms with Crippen molar-refractivity contribution in [2.45, 2.75) is 62.8 Å². The van der Waals surface area contributed by atoms with E-state index >= 15 is 0 Å². The Hall–Kier alpha value is -1.67. The highest BCUT2D eigenvalue weighted by Crippen LogP contribution is 2.30. The van der Waals surface area contributed by atoms with Crippen molar-refractivity contribution < 1.29 is 9.18 Å². The summed E-state index contributed by atoms with van der Waals surface area (Å²) in [5.41, 5.74) is 0.962. The van der Waals surface area contributed by atoms with Gasteiger partial charge in [-0.1, -0.05) is 35.2 Å². The molecule has 1 heterocycles. The van der Waals surface area contributed by atoms with Gasteiger partial charge in [0.1, 0.15) is 5.82 Å². The third kappa shape index (κ3) is 5.67. The molecule has 0 saturated carbocycles. The minimum atomic E-state index is -0.251. The molecule has 1 N–H and O–H groups in total. The molecular formula is C18H25FN4OS2. The van der Waals surface area contributed by atoms with Gasteiger partial charge in [-0.05, 0) is 52.3 Å². The van der Waals surface area contributed by atoms with Crippen LogP contribution in [0.2, 0.25) is 0 Å². The Bertz CT molecular complexity index is 710. The van der Waals surface area contributed by atoms with Crippen molar-refractivity contribution in [1.29, 1.82) is 0 Å². The fraction of sp³-hybridized carbons (Fsp3) is 0.500. The lowest BCUT2D eigenvalue weighted by Gasteiger charge is -2.32. The number of thioether (sulfide) groups is 1. The molecule has 0 spiro atoms. The summed E-state index contributed by atoms with van der Waals surface area (Å²) < 4.78 is 13.7. The van der Waals surface area contributed by atoms with Crippen molar-refractivity contribution in [3.05, 3.63) is 35.6 Å². The Balaban J connectivity index is 1.92. The second kappa shape index (κ2) is 9.32. The number of aromatic nitrogens is 2. The molecule has 1 atom stereocenters. The van der Waals surface area contributed by atoms with Crippen LogP contribution in [0, 0.1) is 5.82 Å². The van der Waals surface area contributed by atoms with Gasteiger partial charge in [0.15, 0.2) is 4.34 Å². The van der Waals surface area contributed by atoms with Crippen LogP contribution in [0.5, 0.6) is 0 Å². The third-order valence-electron chi connectivity index (χ3n) is 3.76. The first kappa shape index (κ1) is 20.6. The van der Waals surface area contributed by atoms with Crippen molar-refractivity contribution in [2.24, 2.45) is 0 Å². The molecular weight excluding hydrogens is 371 g/mol. The Kier molecular flexibility index (Phi) is 7.40. The van der Waals surface area contributed by atoms with Gasteiger partial charge in [0.25, 0.3) is 0 Å². The largest absolute Gasteiger partial charge is 0.356 e. The number of carbonyl (C=O) groups excluding carboxylic acids is 1. The second-order valence-electron chi connectivity index (χ2n) is 6.55. The van der Waals surface area contributed by atoms with Crippen LogP contribution >= 0.6 is 23.1 Å². The van der Waals surface area contributed by atoms with E-state index in [-0.39, 0.29) is 29.1 Å². The first-order chi connectivity index (χ1) is 12.3. The SMILES string of the molecule is CC(Sc1nnc(NCc2ccc(F)cc2)s1)C(=O)N(C(C)C)C(C)C. The van der Waals surface area contributed by atoms with Gasteiger partial charge in [-0.15, -0.1) is 10.2 Å². The summed E-state index contributed by atoms with van der Waals surface area (Å²) in [5.74, 6) is -0.144. The molecule has 1 unspecified atom stereocenters. The summed E-state index contributed by atoms with van der Waals surface area (Å²) in [5, 5.41) is 11.9. The van der Waals surface area contributed by atoms with E-state index in [0.717, 1.165) is 9.90 Å². The van der Waals surface area contributed by atoms with Crippen LogP contribution in [0.3, 0.4) is 0 Å². The summed E-state index contributed by atoms with van der Waals surface area (Å²) >= 11 is 2.84. The molecule has 2 rings (SSSR count). The molecule has 1 amide bonds. The standard InChI is InChI=1S/C18H25FN4OS2/c1-11(2)23(12(3)4)16(24)13(5)25-18-22-21-17(26-18)20-10-14-6-8-15(19)9-7-14/h6-9,11-13H,10H2,1-5H3,(H,20,21). The van der Waals surface area contributed by atoms with Crippen molar-refractivity contribution in [2.75, 3.05) is 5.32 Å². The summed E-state index contributed by atoms with van der Waals surface area (Å²) in [6.07, 6.45) is 0. The van der Waals surface area contributed by atoms with E-state index in [1.54, 1.807) is 12.1 Å². The van der Waals surface area contributed by atoms with E-state index in [4.69, 9.17) is 0 Å². The van der Waals surface area contributed by atoms with E-state index in [1.165, 1.54) is 35.2 Å². The van der Waals surface area contributed by atoms with Gasteiger partial charge in [-0.25, -0.2) is 4.39 Å². The van der Waals surface area contributed by atoms with Crippen molar-refractivity contribution in [1.82, 2.24) is 15.1 Å². The first-order valence-corrected chi connectivity index (χ1v) is 10.3. The van der Waals surface area contributed by atoms with Gasteiger partial charge >= 0.3 is 0 Å². The highest BCUT2D eigenvalue weighted by atomic mass is 32.2.